The number of hydrogen-bond acceptors (Lipinski definition) is 10. The van der Waals surface area contributed by atoms with E-state index in [1.165, 1.54) is 84.0 Å². The molecule has 4 N–H and O–H groups in total. The third-order valence-electron chi connectivity index (χ3n) is 7.31. The molecule has 0 aliphatic heterocycles. The molecular weight excluding hydrogens is 564 g/mol. The van der Waals surface area contributed by atoms with Crippen LogP contribution in [0.3, 0.4) is 0 Å². The van der Waals surface area contributed by atoms with Crippen molar-refractivity contribution in [1.29, 1.82) is 0 Å². The molecular formula is C29H44ClN6O6+. The normalized spacial score (nSPS) is 16.4. The number of quaternary nitrogens is 1. The number of nitrogens with zero attached hydrogens (tertiary/aromatic N) is 4. The molecule has 2 heterocycles. The Morgan fingerprint density at radius 3 is 1.64 bits per heavy atom. The minimum absolute atomic E-state index is 0. The van der Waals surface area contributed by atoms with Gasteiger partial charge >= 0.3 is 11.9 Å². The second-order valence-electron chi connectivity index (χ2n) is 10.1. The molecule has 42 heavy (non-hydrogen) atoms. The van der Waals surface area contributed by atoms with Crippen LogP contribution >= 0.6 is 12.4 Å². The van der Waals surface area contributed by atoms with Gasteiger partial charge < -0.3 is 20.5 Å². The zero-order chi connectivity index (χ0) is 30.0. The predicted octanol–water partition coefficient (Wildman–Crippen LogP) is 2.78. The fourth-order valence-electron chi connectivity index (χ4n) is 4.96. The number of Topliss-reactive ketones (excluding diaryl/α,β-unsaturated/α-hetero) is 1. The van der Waals surface area contributed by atoms with Crippen LogP contribution in [0.5, 0.6) is 0 Å². The van der Waals surface area contributed by atoms with Crippen molar-refractivity contribution in [3.8, 4) is 0 Å². The topological polar surface area (TPSA) is 178 Å². The molecule has 2 atom stereocenters. The molecule has 2 fully saturated rings. The van der Waals surface area contributed by atoms with Gasteiger partial charge in [-0.2, -0.15) is 0 Å². The van der Waals surface area contributed by atoms with Gasteiger partial charge in [-0.25, -0.2) is 19.6 Å². The Labute approximate surface area is 253 Å². The number of carbonyl (C=O) groups is 4. The molecule has 0 bridgehead atoms. The highest BCUT2D eigenvalue weighted by Gasteiger charge is 2.32. The van der Waals surface area contributed by atoms with E-state index in [-0.39, 0.29) is 47.7 Å². The number of hydrogen-bond donors (Lipinski definition) is 2. The molecule has 0 spiro atoms. The first-order valence-electron chi connectivity index (χ1n) is 14.1. The van der Waals surface area contributed by atoms with Gasteiger partial charge in [-0.15, -0.1) is 12.4 Å². The Kier molecular flexibility index (Phi) is 17.7. The SMILES string of the molecule is CC(=O)c1cnccn1.COC(=O)[C@@H](NC(=O)c1cnccn1)C1CCCCC1.COC(=O)[C@@H]([NH3+])C1CCCCC1.Cl. The zero-order valence-corrected chi connectivity index (χ0v) is 25.5. The Morgan fingerprint density at radius 2 is 1.24 bits per heavy atom. The molecule has 2 saturated carbocycles. The Hall–Kier alpha value is -3.51. The smallest absolute Gasteiger partial charge is 0.364 e. The second-order valence-corrected chi connectivity index (χ2v) is 10.1. The minimum atomic E-state index is -0.602. The summed E-state index contributed by atoms with van der Waals surface area (Å²) in [5.41, 5.74) is 4.48. The van der Waals surface area contributed by atoms with E-state index in [2.05, 4.69) is 35.7 Å². The molecule has 2 aromatic rings. The number of rotatable bonds is 7. The number of amides is 1. The fraction of sp³-hybridized carbons (Fsp3) is 0.586. The predicted molar refractivity (Wildman–Crippen MR) is 156 cm³/mol. The summed E-state index contributed by atoms with van der Waals surface area (Å²) in [6, 6.07) is -0.745. The summed E-state index contributed by atoms with van der Waals surface area (Å²) in [5, 5.41) is 2.74. The number of halogens is 1. The summed E-state index contributed by atoms with van der Waals surface area (Å²) >= 11 is 0. The average Bonchev–Trinajstić information content (AvgIpc) is 3.04. The quantitative estimate of drug-likeness (QED) is 0.351. The molecule has 2 aromatic heterocycles. The Balaban J connectivity index is 0.000000342. The van der Waals surface area contributed by atoms with E-state index in [0.29, 0.717) is 11.6 Å². The first-order valence-corrected chi connectivity index (χ1v) is 14.1. The number of esters is 2. The molecule has 4 rings (SSSR count). The lowest BCUT2D eigenvalue weighted by atomic mass is 9.84. The Bertz CT molecular complexity index is 1080. The third kappa shape index (κ3) is 12.6. The molecule has 1 amide bonds. The molecule has 0 saturated heterocycles. The van der Waals surface area contributed by atoms with Crippen molar-refractivity contribution in [2.75, 3.05) is 14.2 Å². The van der Waals surface area contributed by atoms with E-state index in [0.717, 1.165) is 38.5 Å². The lowest BCUT2D eigenvalue weighted by Crippen LogP contribution is -2.68. The summed E-state index contributed by atoms with van der Waals surface area (Å²) in [6.45, 7) is 1.46. The van der Waals surface area contributed by atoms with E-state index >= 15 is 0 Å². The number of carbonyl (C=O) groups excluding carboxylic acids is 4. The maximum atomic E-state index is 12.1. The highest BCUT2D eigenvalue weighted by atomic mass is 35.5. The van der Waals surface area contributed by atoms with E-state index in [1.807, 2.05) is 0 Å². The van der Waals surface area contributed by atoms with Gasteiger partial charge in [0, 0.05) is 37.6 Å². The van der Waals surface area contributed by atoms with Gasteiger partial charge in [0.05, 0.1) is 26.6 Å². The lowest BCUT2D eigenvalue weighted by Gasteiger charge is -2.28. The van der Waals surface area contributed by atoms with Crippen molar-refractivity contribution in [3.63, 3.8) is 0 Å². The number of nitrogens with one attached hydrogen (secondary N) is 1. The maximum Gasteiger partial charge on any atom is 0.364 e. The number of aromatic nitrogens is 4. The van der Waals surface area contributed by atoms with E-state index < -0.39 is 12.0 Å². The van der Waals surface area contributed by atoms with Crippen LogP contribution in [-0.2, 0) is 19.1 Å². The van der Waals surface area contributed by atoms with Gasteiger partial charge in [-0.1, -0.05) is 38.5 Å². The van der Waals surface area contributed by atoms with Crippen LogP contribution in [0.15, 0.2) is 37.2 Å². The van der Waals surface area contributed by atoms with Gasteiger partial charge in [0.2, 0.25) is 0 Å². The number of ether oxygens (including phenoxy) is 2. The van der Waals surface area contributed by atoms with Crippen LogP contribution in [0.1, 0.15) is 92.1 Å². The fourth-order valence-corrected chi connectivity index (χ4v) is 4.96. The van der Waals surface area contributed by atoms with Crippen molar-refractivity contribution < 1.29 is 34.4 Å². The zero-order valence-electron chi connectivity index (χ0n) is 24.7. The first kappa shape index (κ1) is 36.5. The van der Waals surface area contributed by atoms with E-state index in [4.69, 9.17) is 4.74 Å². The first-order chi connectivity index (χ1) is 19.8. The molecule has 0 unspecified atom stereocenters. The maximum absolute atomic E-state index is 12.1. The van der Waals surface area contributed by atoms with Gasteiger partial charge in [0.1, 0.15) is 17.4 Å². The largest absolute Gasteiger partial charge is 0.467 e. The standard InChI is InChI=1S/C14H19N3O3.C9H17NO2.C6H6N2O.ClH/c1-20-14(19)12(10-5-3-2-4-6-10)17-13(18)11-9-15-7-8-16-11;1-12-9(11)8(10)7-5-3-2-4-6-7;1-5(9)6-4-7-2-3-8-6;/h7-10,12H,2-6H2,1H3,(H,17,18);7-8H,2-6,10H2,1H3;2-4H,1H3;1H/p+1/t12-;8-;;/m00../s1. The number of ketones is 1. The van der Waals surface area contributed by atoms with Crippen LogP contribution < -0.4 is 11.1 Å². The molecule has 232 valence electrons. The molecule has 0 radical (unpaired) electrons. The Morgan fingerprint density at radius 1 is 0.762 bits per heavy atom. The minimum Gasteiger partial charge on any atom is -0.467 e. The second kappa shape index (κ2) is 20.4. The van der Waals surface area contributed by atoms with Crippen LogP contribution in [0.25, 0.3) is 0 Å². The summed E-state index contributed by atoms with van der Waals surface area (Å²) in [7, 11) is 2.77. The van der Waals surface area contributed by atoms with Gasteiger partial charge in [-0.05, 0) is 31.6 Å². The van der Waals surface area contributed by atoms with Crippen molar-refractivity contribution in [2.24, 2.45) is 11.8 Å². The van der Waals surface area contributed by atoms with Crippen LogP contribution in [-0.4, -0.2) is 69.9 Å². The summed E-state index contributed by atoms with van der Waals surface area (Å²) in [5.74, 6) is -0.388. The van der Waals surface area contributed by atoms with Crippen molar-refractivity contribution >= 4 is 36.0 Å². The highest BCUT2D eigenvalue weighted by molar-refractivity contribution is 5.95. The summed E-state index contributed by atoms with van der Waals surface area (Å²) < 4.78 is 9.48. The molecule has 12 nitrogen and oxygen atoms in total. The van der Waals surface area contributed by atoms with Crippen molar-refractivity contribution in [2.45, 2.75) is 83.2 Å². The average molecular weight is 608 g/mol. The van der Waals surface area contributed by atoms with Crippen molar-refractivity contribution in [1.82, 2.24) is 25.3 Å². The molecule has 2 aliphatic rings. The summed E-state index contributed by atoms with van der Waals surface area (Å²) in [6.07, 6.45) is 20.1. The van der Waals surface area contributed by atoms with Crippen LogP contribution in [0.4, 0.5) is 0 Å². The van der Waals surface area contributed by atoms with Crippen LogP contribution in [0, 0.1) is 11.8 Å². The molecule has 13 heteroatoms. The summed E-state index contributed by atoms with van der Waals surface area (Å²) in [4.78, 5) is 60.9. The number of methoxy groups -OCH3 is 2. The van der Waals surface area contributed by atoms with Gasteiger partial charge in [0.25, 0.3) is 5.91 Å². The molecule has 2 aliphatic carbocycles. The van der Waals surface area contributed by atoms with Crippen molar-refractivity contribution in [3.05, 3.63) is 48.6 Å². The van der Waals surface area contributed by atoms with E-state index in [9.17, 15) is 19.2 Å². The molecule has 0 aromatic carbocycles. The van der Waals surface area contributed by atoms with E-state index in [1.54, 1.807) is 0 Å². The highest BCUT2D eigenvalue weighted by Crippen LogP contribution is 2.27. The third-order valence-corrected chi connectivity index (χ3v) is 7.31. The monoisotopic (exact) mass is 607 g/mol. The lowest BCUT2D eigenvalue weighted by molar-refractivity contribution is -0.422. The van der Waals surface area contributed by atoms with Crippen LogP contribution in [0.2, 0.25) is 0 Å². The van der Waals surface area contributed by atoms with Gasteiger partial charge in [0.15, 0.2) is 11.8 Å². The van der Waals surface area contributed by atoms with Gasteiger partial charge in [-0.3, -0.25) is 19.6 Å².